The Morgan fingerprint density at radius 1 is 1.44 bits per heavy atom. The Bertz CT molecular complexity index is 441. The molecule has 0 amide bonds. The molecule has 0 atom stereocenters. The number of carbonyl (C=O) groups is 1. The molecule has 6 nitrogen and oxygen atoms in total. The molecule has 0 N–H and O–H groups in total. The van der Waals surface area contributed by atoms with Crippen LogP contribution in [0.2, 0.25) is 0 Å². The molecular weight excluding hydrogens is 236 g/mol. The van der Waals surface area contributed by atoms with Gasteiger partial charge in [-0.2, -0.15) is 0 Å². The van der Waals surface area contributed by atoms with Crippen molar-refractivity contribution >= 4 is 28.4 Å². The van der Waals surface area contributed by atoms with E-state index in [1.807, 2.05) is 0 Å². The van der Waals surface area contributed by atoms with Crippen molar-refractivity contribution in [2.24, 2.45) is 5.16 Å². The van der Waals surface area contributed by atoms with Crippen LogP contribution in [0, 0.1) is 10.1 Å². The summed E-state index contributed by atoms with van der Waals surface area (Å²) in [5.74, 6) is 0. The summed E-state index contributed by atoms with van der Waals surface area (Å²) in [6.45, 7) is 1.58. The Morgan fingerprint density at radius 2 is 2.00 bits per heavy atom. The number of benzene rings is 1. The molecule has 0 aliphatic carbocycles. The maximum Gasteiger partial charge on any atom is 0.429 e. The Morgan fingerprint density at radius 3 is 2.44 bits per heavy atom. The second-order valence-electron chi connectivity index (χ2n) is 2.81. The lowest BCUT2D eigenvalue weighted by molar-refractivity contribution is -0.384. The van der Waals surface area contributed by atoms with Gasteiger partial charge in [-0.15, -0.1) is 0 Å². The molecule has 1 rings (SSSR count). The summed E-state index contributed by atoms with van der Waals surface area (Å²) in [4.78, 5) is 24.4. The lowest BCUT2D eigenvalue weighted by Gasteiger charge is -1.98. The number of nitrogens with zero attached hydrogens (tertiary/aromatic N) is 2. The first-order valence-corrected chi connectivity index (χ1v) is 4.54. The first-order chi connectivity index (χ1) is 7.50. The molecule has 1 aromatic rings. The summed E-state index contributed by atoms with van der Waals surface area (Å²) in [5, 5.41) is 13.8. The number of nitro benzene ring substituents is 1. The third-order valence-electron chi connectivity index (χ3n) is 1.75. The van der Waals surface area contributed by atoms with Gasteiger partial charge >= 0.3 is 5.43 Å². The van der Waals surface area contributed by atoms with E-state index in [1.54, 1.807) is 6.92 Å². The molecule has 0 bridgehead atoms. The van der Waals surface area contributed by atoms with Gasteiger partial charge in [0.1, 0.15) is 0 Å². The zero-order valence-corrected chi connectivity index (χ0v) is 8.97. The van der Waals surface area contributed by atoms with E-state index in [-0.39, 0.29) is 5.69 Å². The molecule has 0 spiro atoms. The van der Waals surface area contributed by atoms with Crippen LogP contribution >= 0.6 is 11.6 Å². The van der Waals surface area contributed by atoms with Crippen molar-refractivity contribution in [2.45, 2.75) is 6.92 Å². The van der Waals surface area contributed by atoms with E-state index in [4.69, 9.17) is 11.6 Å². The van der Waals surface area contributed by atoms with E-state index < -0.39 is 10.4 Å². The van der Waals surface area contributed by atoms with E-state index in [0.717, 1.165) is 0 Å². The fourth-order valence-electron chi connectivity index (χ4n) is 0.981. The molecule has 0 heterocycles. The van der Waals surface area contributed by atoms with Crippen LogP contribution in [-0.2, 0) is 4.84 Å². The summed E-state index contributed by atoms with van der Waals surface area (Å²) in [7, 11) is 0. The minimum absolute atomic E-state index is 0.0223. The van der Waals surface area contributed by atoms with Gasteiger partial charge in [0.25, 0.3) is 5.69 Å². The van der Waals surface area contributed by atoms with Gasteiger partial charge in [0, 0.05) is 23.7 Å². The topological polar surface area (TPSA) is 81.8 Å². The molecule has 0 saturated carbocycles. The van der Waals surface area contributed by atoms with Crippen molar-refractivity contribution in [3.63, 3.8) is 0 Å². The van der Waals surface area contributed by atoms with Crippen LogP contribution in [0.1, 0.15) is 12.5 Å². The Labute approximate surface area is 95.6 Å². The highest BCUT2D eigenvalue weighted by Gasteiger charge is 2.05. The number of hydrogen-bond donors (Lipinski definition) is 0. The predicted octanol–water partition coefficient (Wildman–Crippen LogP) is 2.69. The minimum Gasteiger partial charge on any atom is -0.302 e. The predicted molar refractivity (Wildman–Crippen MR) is 57.6 cm³/mol. The van der Waals surface area contributed by atoms with Gasteiger partial charge in [-0.3, -0.25) is 10.1 Å². The van der Waals surface area contributed by atoms with Crippen molar-refractivity contribution in [2.75, 3.05) is 0 Å². The fraction of sp³-hybridized carbons (Fsp3) is 0.111. The van der Waals surface area contributed by atoms with Crippen LogP contribution in [-0.4, -0.2) is 16.1 Å². The van der Waals surface area contributed by atoms with Gasteiger partial charge in [0.15, 0.2) is 0 Å². The normalized spacial score (nSPS) is 11.0. The van der Waals surface area contributed by atoms with Gasteiger partial charge in [0.2, 0.25) is 0 Å². The minimum atomic E-state index is -1.04. The molecule has 0 unspecified atom stereocenters. The van der Waals surface area contributed by atoms with Crippen molar-refractivity contribution in [1.82, 2.24) is 0 Å². The van der Waals surface area contributed by atoms with E-state index in [2.05, 4.69) is 9.99 Å². The quantitative estimate of drug-likeness (QED) is 0.268. The van der Waals surface area contributed by atoms with E-state index in [0.29, 0.717) is 11.3 Å². The van der Waals surface area contributed by atoms with Crippen molar-refractivity contribution in [3.8, 4) is 0 Å². The van der Waals surface area contributed by atoms with Crippen molar-refractivity contribution in [3.05, 3.63) is 39.9 Å². The fourth-order valence-corrected chi connectivity index (χ4v) is 1.02. The molecular formula is C9H7ClN2O4. The molecule has 7 heteroatoms. The maximum absolute atomic E-state index is 10.4. The van der Waals surface area contributed by atoms with Crippen LogP contribution in [0.4, 0.5) is 10.5 Å². The first-order valence-electron chi connectivity index (χ1n) is 4.16. The number of nitro groups is 1. The molecule has 1 aromatic carbocycles. The van der Waals surface area contributed by atoms with Gasteiger partial charge < -0.3 is 4.84 Å². The van der Waals surface area contributed by atoms with Crippen LogP contribution in [0.15, 0.2) is 29.4 Å². The van der Waals surface area contributed by atoms with E-state index in [1.165, 1.54) is 24.3 Å². The first kappa shape index (κ1) is 12.1. The second-order valence-corrected chi connectivity index (χ2v) is 3.12. The molecule has 0 saturated heterocycles. The Kier molecular flexibility index (Phi) is 3.96. The summed E-state index contributed by atoms with van der Waals surface area (Å²) in [6.07, 6.45) is 0. The third-order valence-corrected chi connectivity index (χ3v) is 1.82. The van der Waals surface area contributed by atoms with Crippen LogP contribution in [0.25, 0.3) is 0 Å². The number of carbonyl (C=O) groups excluding carboxylic acids is 1. The van der Waals surface area contributed by atoms with Crippen LogP contribution in [0.5, 0.6) is 0 Å². The third kappa shape index (κ3) is 3.32. The number of hydrogen-bond acceptors (Lipinski definition) is 5. The lowest BCUT2D eigenvalue weighted by atomic mass is 10.1. The van der Waals surface area contributed by atoms with Crippen molar-refractivity contribution < 1.29 is 14.6 Å². The summed E-state index contributed by atoms with van der Waals surface area (Å²) >= 11 is 4.92. The number of halogens is 1. The highest BCUT2D eigenvalue weighted by Crippen LogP contribution is 2.12. The molecule has 0 aromatic heterocycles. The molecule has 0 radical (unpaired) electrons. The van der Waals surface area contributed by atoms with Crippen LogP contribution < -0.4 is 0 Å². The summed E-state index contributed by atoms with van der Waals surface area (Å²) in [5.41, 5.74) is -0.0698. The van der Waals surface area contributed by atoms with Gasteiger partial charge in [0.05, 0.1) is 10.6 Å². The molecule has 0 fully saturated rings. The highest BCUT2D eigenvalue weighted by molar-refractivity contribution is 6.61. The molecule has 84 valence electrons. The molecule has 16 heavy (non-hydrogen) atoms. The molecule has 0 aliphatic rings. The average Bonchev–Trinajstić information content (AvgIpc) is 2.26. The SMILES string of the molecule is C/C(=N/OC(=O)Cl)c1ccc([N+](=O)[O-])cc1. The Balaban J connectivity index is 2.85. The largest absolute Gasteiger partial charge is 0.429 e. The van der Waals surface area contributed by atoms with Gasteiger partial charge in [-0.05, 0) is 24.6 Å². The smallest absolute Gasteiger partial charge is 0.302 e. The zero-order valence-electron chi connectivity index (χ0n) is 8.21. The zero-order chi connectivity index (χ0) is 12.1. The van der Waals surface area contributed by atoms with Gasteiger partial charge in [-0.25, -0.2) is 4.79 Å². The standard InChI is InChI=1S/C9H7ClN2O4/c1-6(11-16-9(10)13)7-2-4-8(5-3-7)12(14)15/h2-5H,1H3/b11-6-. The van der Waals surface area contributed by atoms with E-state index >= 15 is 0 Å². The number of oxime groups is 1. The van der Waals surface area contributed by atoms with Gasteiger partial charge in [-0.1, -0.05) is 5.16 Å². The number of non-ortho nitro benzene ring substituents is 1. The summed E-state index contributed by atoms with van der Waals surface area (Å²) in [6, 6.07) is 5.66. The second kappa shape index (κ2) is 5.22. The lowest BCUT2D eigenvalue weighted by Crippen LogP contribution is -1.98. The Hall–Kier alpha value is -1.95. The number of rotatable bonds is 3. The highest BCUT2D eigenvalue weighted by atomic mass is 35.5. The summed E-state index contributed by atoms with van der Waals surface area (Å²) < 4.78 is 0. The maximum atomic E-state index is 10.4. The van der Waals surface area contributed by atoms with E-state index in [9.17, 15) is 14.9 Å². The monoisotopic (exact) mass is 242 g/mol. The molecule has 0 aliphatic heterocycles. The van der Waals surface area contributed by atoms with Crippen molar-refractivity contribution in [1.29, 1.82) is 0 Å². The van der Waals surface area contributed by atoms with Crippen LogP contribution in [0.3, 0.4) is 0 Å². The average molecular weight is 243 g/mol.